The number of hydrogen-bond acceptors (Lipinski definition) is 2. The molecule has 0 spiro atoms. The number of aromatic amines is 2. The number of carbonyl (C=O) groups is 1. The number of primary amides is 1. The van der Waals surface area contributed by atoms with Gasteiger partial charge in [0.2, 0.25) is 0 Å². The number of carbonyl (C=O) groups excluding carboxylic acids is 1. The van der Waals surface area contributed by atoms with Gasteiger partial charge in [-0.1, -0.05) is 0 Å². The van der Waals surface area contributed by atoms with E-state index in [9.17, 15) is 9.59 Å². The van der Waals surface area contributed by atoms with E-state index in [1.807, 2.05) is 0 Å². The molecule has 0 aliphatic carbocycles. The van der Waals surface area contributed by atoms with E-state index in [4.69, 9.17) is 5.73 Å². The largest absolute Gasteiger partial charge is 0.366 e. The summed E-state index contributed by atoms with van der Waals surface area (Å²) in [5, 5.41) is 0.315. The fourth-order valence-corrected chi connectivity index (χ4v) is 1.28. The van der Waals surface area contributed by atoms with Crippen molar-refractivity contribution in [3.05, 3.63) is 34.4 Å². The number of rotatable bonds is 1. The maximum atomic E-state index is 11.3. The van der Waals surface area contributed by atoms with Crippen LogP contribution in [0.15, 0.2) is 23.3 Å². The number of fused-ring (bicyclic) bond motifs is 1. The second kappa shape index (κ2) is 2.48. The fourth-order valence-electron chi connectivity index (χ4n) is 1.28. The Hall–Kier alpha value is -2.04. The topological polar surface area (TPSA) is 91.7 Å². The Kier molecular flexibility index (Phi) is 1.45. The van der Waals surface area contributed by atoms with Crippen LogP contribution in [0.25, 0.3) is 10.9 Å². The van der Waals surface area contributed by atoms with Crippen molar-refractivity contribution in [3.8, 4) is 0 Å². The van der Waals surface area contributed by atoms with E-state index < -0.39 is 5.91 Å². The van der Waals surface area contributed by atoms with Crippen molar-refractivity contribution in [1.29, 1.82) is 0 Å². The van der Waals surface area contributed by atoms with Crippen LogP contribution in [0, 0.1) is 0 Å². The first-order chi connectivity index (χ1) is 6.20. The predicted molar refractivity (Wildman–Crippen MR) is 47.4 cm³/mol. The maximum absolute atomic E-state index is 11.3. The average molecular weight is 177 g/mol. The SMILES string of the molecule is NC(=O)c1c[nH]c2cc[nH]c(=O)c12. The van der Waals surface area contributed by atoms with Crippen molar-refractivity contribution in [2.45, 2.75) is 0 Å². The molecule has 0 radical (unpaired) electrons. The number of H-pyrrole nitrogens is 2. The molecule has 1 amide bonds. The number of nitrogens with one attached hydrogen (secondary N) is 2. The number of hydrogen-bond donors (Lipinski definition) is 3. The molecule has 5 heteroatoms. The molecule has 2 aromatic heterocycles. The highest BCUT2D eigenvalue weighted by molar-refractivity contribution is 6.05. The zero-order valence-corrected chi connectivity index (χ0v) is 6.63. The summed E-state index contributed by atoms with van der Waals surface area (Å²) in [5.74, 6) is -0.608. The quantitative estimate of drug-likeness (QED) is 0.570. The van der Waals surface area contributed by atoms with Crippen LogP contribution in [0.3, 0.4) is 0 Å². The lowest BCUT2D eigenvalue weighted by Crippen LogP contribution is -2.14. The average Bonchev–Trinajstić information content (AvgIpc) is 2.49. The van der Waals surface area contributed by atoms with Crippen molar-refractivity contribution in [1.82, 2.24) is 9.97 Å². The minimum atomic E-state index is -0.608. The van der Waals surface area contributed by atoms with Crippen LogP contribution in [0.5, 0.6) is 0 Å². The number of nitrogens with two attached hydrogens (primary N) is 1. The molecule has 0 bridgehead atoms. The van der Waals surface area contributed by atoms with Gasteiger partial charge in [-0.2, -0.15) is 0 Å². The standard InChI is InChI=1S/C8H7N3O2/c9-7(12)4-3-11-5-1-2-10-8(13)6(4)5/h1-3,11H,(H2,9,12)(H,10,13). The van der Waals surface area contributed by atoms with E-state index in [0.29, 0.717) is 10.9 Å². The Balaban J connectivity index is 2.95. The number of pyridine rings is 1. The minimum absolute atomic E-state index is 0.219. The van der Waals surface area contributed by atoms with E-state index in [2.05, 4.69) is 9.97 Å². The van der Waals surface area contributed by atoms with E-state index in [1.165, 1.54) is 12.4 Å². The van der Waals surface area contributed by atoms with Gasteiger partial charge in [-0.3, -0.25) is 9.59 Å². The summed E-state index contributed by atoms with van der Waals surface area (Å²) in [7, 11) is 0. The van der Waals surface area contributed by atoms with Crippen molar-refractivity contribution < 1.29 is 4.79 Å². The van der Waals surface area contributed by atoms with Gasteiger partial charge in [0.1, 0.15) is 0 Å². The summed E-state index contributed by atoms with van der Waals surface area (Å²) in [6.07, 6.45) is 2.94. The van der Waals surface area contributed by atoms with Crippen LogP contribution in [0.4, 0.5) is 0 Å². The highest BCUT2D eigenvalue weighted by Gasteiger charge is 2.10. The molecule has 5 nitrogen and oxygen atoms in total. The molecule has 2 rings (SSSR count). The third-order valence-electron chi connectivity index (χ3n) is 1.87. The van der Waals surface area contributed by atoms with Gasteiger partial charge in [0.05, 0.1) is 16.5 Å². The smallest absolute Gasteiger partial charge is 0.258 e. The minimum Gasteiger partial charge on any atom is -0.366 e. The second-order valence-electron chi connectivity index (χ2n) is 2.66. The molecule has 0 atom stereocenters. The van der Waals surface area contributed by atoms with Gasteiger partial charge in [-0.25, -0.2) is 0 Å². The molecule has 2 aromatic rings. The summed E-state index contributed by atoms with van der Waals surface area (Å²) < 4.78 is 0. The molecule has 0 aromatic carbocycles. The van der Waals surface area contributed by atoms with E-state index in [-0.39, 0.29) is 11.1 Å². The first-order valence-corrected chi connectivity index (χ1v) is 3.68. The maximum Gasteiger partial charge on any atom is 0.258 e. The van der Waals surface area contributed by atoms with Gasteiger partial charge in [0.25, 0.3) is 11.5 Å². The third kappa shape index (κ3) is 1.01. The number of aromatic nitrogens is 2. The van der Waals surface area contributed by atoms with Gasteiger partial charge in [0.15, 0.2) is 0 Å². The van der Waals surface area contributed by atoms with Crippen LogP contribution in [0.2, 0.25) is 0 Å². The van der Waals surface area contributed by atoms with Crippen molar-refractivity contribution in [2.24, 2.45) is 5.73 Å². The molecule has 66 valence electrons. The van der Waals surface area contributed by atoms with Crippen LogP contribution in [0.1, 0.15) is 10.4 Å². The lowest BCUT2D eigenvalue weighted by molar-refractivity contribution is 0.100. The second-order valence-corrected chi connectivity index (χ2v) is 2.66. The molecule has 13 heavy (non-hydrogen) atoms. The predicted octanol–water partition coefficient (Wildman–Crippen LogP) is -0.0449. The highest BCUT2D eigenvalue weighted by Crippen LogP contribution is 2.11. The zero-order valence-electron chi connectivity index (χ0n) is 6.63. The molecule has 0 unspecified atom stereocenters. The Bertz CT molecular complexity index is 523. The lowest BCUT2D eigenvalue weighted by Gasteiger charge is -1.90. The molecule has 0 aliphatic rings. The van der Waals surface area contributed by atoms with E-state index >= 15 is 0 Å². The summed E-state index contributed by atoms with van der Waals surface area (Å²) in [6, 6.07) is 1.67. The first kappa shape index (κ1) is 7.60. The van der Waals surface area contributed by atoms with Crippen LogP contribution in [-0.4, -0.2) is 15.9 Å². The molecule has 0 saturated heterocycles. The molecule has 4 N–H and O–H groups in total. The molecular weight excluding hydrogens is 170 g/mol. The summed E-state index contributed by atoms with van der Waals surface area (Å²) in [6.45, 7) is 0. The van der Waals surface area contributed by atoms with Crippen LogP contribution >= 0.6 is 0 Å². The summed E-state index contributed by atoms with van der Waals surface area (Å²) >= 11 is 0. The highest BCUT2D eigenvalue weighted by atomic mass is 16.1. The molecule has 0 aliphatic heterocycles. The Morgan fingerprint density at radius 2 is 2.15 bits per heavy atom. The van der Waals surface area contributed by atoms with Gasteiger partial charge < -0.3 is 15.7 Å². The van der Waals surface area contributed by atoms with Gasteiger partial charge in [-0.15, -0.1) is 0 Å². The Morgan fingerprint density at radius 1 is 1.38 bits per heavy atom. The summed E-state index contributed by atoms with van der Waals surface area (Å²) in [4.78, 5) is 27.4. The Labute approximate surface area is 72.6 Å². The molecule has 2 heterocycles. The van der Waals surface area contributed by atoms with Crippen LogP contribution < -0.4 is 11.3 Å². The van der Waals surface area contributed by atoms with Gasteiger partial charge in [-0.05, 0) is 6.07 Å². The van der Waals surface area contributed by atoms with Gasteiger partial charge in [0, 0.05) is 12.4 Å². The zero-order chi connectivity index (χ0) is 9.42. The fraction of sp³-hybridized carbons (Fsp3) is 0. The van der Waals surface area contributed by atoms with Crippen LogP contribution in [-0.2, 0) is 0 Å². The van der Waals surface area contributed by atoms with E-state index in [0.717, 1.165) is 0 Å². The first-order valence-electron chi connectivity index (χ1n) is 3.68. The molecular formula is C8H7N3O2. The number of amides is 1. The third-order valence-corrected chi connectivity index (χ3v) is 1.87. The monoisotopic (exact) mass is 177 g/mol. The van der Waals surface area contributed by atoms with Gasteiger partial charge >= 0.3 is 0 Å². The normalized spacial score (nSPS) is 10.5. The molecule has 0 saturated carbocycles. The Morgan fingerprint density at radius 3 is 2.85 bits per heavy atom. The van der Waals surface area contributed by atoms with Crippen molar-refractivity contribution >= 4 is 16.8 Å². The van der Waals surface area contributed by atoms with Crippen molar-refractivity contribution in [3.63, 3.8) is 0 Å². The summed E-state index contributed by atoms with van der Waals surface area (Å²) in [5.41, 5.74) is 5.60. The molecule has 0 fully saturated rings. The van der Waals surface area contributed by atoms with Crippen molar-refractivity contribution in [2.75, 3.05) is 0 Å². The van der Waals surface area contributed by atoms with E-state index in [1.54, 1.807) is 6.07 Å². The lowest BCUT2D eigenvalue weighted by atomic mass is 10.2.